The van der Waals surface area contributed by atoms with Gasteiger partial charge >= 0.3 is 5.97 Å². The third kappa shape index (κ3) is 3.73. The van der Waals surface area contributed by atoms with Gasteiger partial charge in [0, 0.05) is 6.07 Å². The number of aromatic carboxylic acids is 1. The number of halogens is 3. The van der Waals surface area contributed by atoms with Crippen molar-refractivity contribution < 1.29 is 14.8 Å². The van der Waals surface area contributed by atoms with Gasteiger partial charge in [0.1, 0.15) is 10.0 Å². The van der Waals surface area contributed by atoms with Gasteiger partial charge in [-0.1, -0.05) is 46.9 Å². The Hall–Kier alpha value is -2.42. The monoisotopic (exact) mass is 388 g/mol. The van der Waals surface area contributed by atoms with E-state index in [4.69, 9.17) is 39.9 Å². The zero-order chi connectivity index (χ0) is 17.9. The van der Waals surface area contributed by atoms with Crippen LogP contribution in [0.1, 0.15) is 16.1 Å². The summed E-state index contributed by atoms with van der Waals surface area (Å²) in [6.07, 6.45) is 1.17. The Balaban J connectivity index is 2.36. The molecule has 0 saturated heterocycles. The molecule has 2 N–H and O–H groups in total. The highest BCUT2D eigenvalue weighted by molar-refractivity contribution is 6.46. The molecule has 0 aliphatic rings. The van der Waals surface area contributed by atoms with Gasteiger partial charge in [0.25, 0.3) is 5.69 Å². The molecule has 1 aromatic carbocycles. The topological polar surface area (TPSA) is 118 Å². The minimum atomic E-state index is -1.40. The van der Waals surface area contributed by atoms with E-state index in [-0.39, 0.29) is 32.1 Å². The van der Waals surface area contributed by atoms with Crippen LogP contribution < -0.4 is 5.43 Å². The zero-order valence-electron chi connectivity index (χ0n) is 11.5. The summed E-state index contributed by atoms with van der Waals surface area (Å²) in [5.41, 5.74) is 1.91. The summed E-state index contributed by atoms with van der Waals surface area (Å²) < 4.78 is 0. The highest BCUT2D eigenvalue weighted by Crippen LogP contribution is 2.36. The third-order valence-corrected chi connectivity index (χ3v) is 3.86. The molecule has 2 rings (SSSR count). The molecule has 0 aliphatic carbocycles. The summed E-state index contributed by atoms with van der Waals surface area (Å²) in [5, 5.41) is 23.0. The molecule has 0 spiro atoms. The number of hydrazone groups is 1. The van der Waals surface area contributed by atoms with Gasteiger partial charge in [-0.2, -0.15) is 5.10 Å². The number of nitro groups is 1. The van der Waals surface area contributed by atoms with Gasteiger partial charge < -0.3 is 5.11 Å². The van der Waals surface area contributed by atoms with E-state index in [2.05, 4.69) is 15.5 Å². The third-order valence-electron chi connectivity index (χ3n) is 2.75. The average Bonchev–Trinajstić information content (AvgIpc) is 2.54. The number of rotatable bonds is 5. The standard InChI is InChI=1S/C13H7Cl3N4O4/c14-8-10(9(15)12(16)18-11(8)13(21)22)19-17-5-6-3-1-2-4-7(6)20(23)24/h1-5H,(H,18,19)(H,21,22). The fraction of sp³-hybridized carbons (Fsp3) is 0. The number of benzene rings is 1. The molecule has 8 nitrogen and oxygen atoms in total. The number of nitrogens with zero attached hydrogens (tertiary/aromatic N) is 3. The number of hydrogen-bond donors (Lipinski definition) is 2. The quantitative estimate of drug-likeness (QED) is 0.344. The van der Waals surface area contributed by atoms with Crippen LogP contribution in [0.3, 0.4) is 0 Å². The molecule has 0 radical (unpaired) electrons. The first-order valence-electron chi connectivity index (χ1n) is 6.13. The smallest absolute Gasteiger partial charge is 0.356 e. The fourth-order valence-corrected chi connectivity index (χ4v) is 2.35. The van der Waals surface area contributed by atoms with Crippen LogP contribution in [0.5, 0.6) is 0 Å². The molecule has 0 saturated carbocycles. The Morgan fingerprint density at radius 2 is 1.96 bits per heavy atom. The maximum absolute atomic E-state index is 11.1. The summed E-state index contributed by atoms with van der Waals surface area (Å²) in [6.45, 7) is 0. The highest BCUT2D eigenvalue weighted by atomic mass is 35.5. The molecule has 11 heteroatoms. The molecule has 2 aromatic rings. The minimum Gasteiger partial charge on any atom is -0.476 e. The van der Waals surface area contributed by atoms with Crippen molar-refractivity contribution in [3.8, 4) is 0 Å². The average molecular weight is 390 g/mol. The second-order valence-corrected chi connectivity index (χ2v) is 5.36. The number of para-hydroxylation sites is 1. The van der Waals surface area contributed by atoms with E-state index in [9.17, 15) is 14.9 Å². The van der Waals surface area contributed by atoms with E-state index < -0.39 is 16.6 Å². The van der Waals surface area contributed by atoms with Gasteiger partial charge in [-0.05, 0) is 6.07 Å². The van der Waals surface area contributed by atoms with E-state index in [1.807, 2.05) is 0 Å². The maximum atomic E-state index is 11.1. The molecule has 0 atom stereocenters. The number of carboxylic acids is 1. The molecule has 1 aromatic heterocycles. The Bertz CT molecular complexity index is 857. The highest BCUT2D eigenvalue weighted by Gasteiger charge is 2.20. The Morgan fingerprint density at radius 3 is 2.58 bits per heavy atom. The van der Waals surface area contributed by atoms with E-state index >= 15 is 0 Å². The lowest BCUT2D eigenvalue weighted by Crippen LogP contribution is -2.05. The van der Waals surface area contributed by atoms with E-state index in [1.165, 1.54) is 24.4 Å². The van der Waals surface area contributed by atoms with Crippen molar-refractivity contribution in [3.05, 3.63) is 60.8 Å². The number of nitrogens with one attached hydrogen (secondary N) is 1. The number of pyridine rings is 1. The van der Waals surface area contributed by atoms with Gasteiger partial charge in [-0.3, -0.25) is 15.5 Å². The van der Waals surface area contributed by atoms with E-state index in [0.717, 1.165) is 0 Å². The molecule has 0 aliphatic heterocycles. The molecule has 24 heavy (non-hydrogen) atoms. The Kier molecular flexibility index (Phi) is 5.55. The minimum absolute atomic E-state index is 0.0782. The molecule has 0 fully saturated rings. The lowest BCUT2D eigenvalue weighted by molar-refractivity contribution is -0.385. The summed E-state index contributed by atoms with van der Waals surface area (Å²) in [5.74, 6) is -1.40. The van der Waals surface area contributed by atoms with Crippen LogP contribution in [0.2, 0.25) is 15.2 Å². The molecular formula is C13H7Cl3N4O4. The second kappa shape index (κ2) is 7.43. The number of nitro benzene ring substituents is 1. The van der Waals surface area contributed by atoms with E-state index in [1.54, 1.807) is 6.07 Å². The first-order valence-corrected chi connectivity index (χ1v) is 7.26. The Labute approximate surface area is 149 Å². The summed E-state index contributed by atoms with van der Waals surface area (Å²) in [7, 11) is 0. The number of aromatic nitrogens is 1. The van der Waals surface area contributed by atoms with Crippen LogP contribution in [-0.4, -0.2) is 27.2 Å². The number of carbonyl (C=O) groups is 1. The van der Waals surface area contributed by atoms with Gasteiger partial charge in [-0.25, -0.2) is 9.78 Å². The molecule has 0 bridgehead atoms. The number of carboxylic acid groups (broad SMARTS) is 1. The SMILES string of the molecule is O=C(O)c1nc(Cl)c(Cl)c(NN=Cc2ccccc2[N+](=O)[O-])c1Cl. The van der Waals surface area contributed by atoms with Crippen LogP contribution >= 0.6 is 34.8 Å². The van der Waals surface area contributed by atoms with Crippen molar-refractivity contribution in [1.29, 1.82) is 0 Å². The zero-order valence-corrected chi connectivity index (χ0v) is 13.8. The normalized spacial score (nSPS) is 10.8. The first kappa shape index (κ1) is 17.9. The summed E-state index contributed by atoms with van der Waals surface area (Å²) >= 11 is 17.6. The van der Waals surface area contributed by atoms with Crippen molar-refractivity contribution in [1.82, 2.24) is 4.98 Å². The number of hydrogen-bond acceptors (Lipinski definition) is 6. The molecule has 0 amide bonds. The molecular weight excluding hydrogens is 383 g/mol. The van der Waals surface area contributed by atoms with Crippen molar-refractivity contribution in [3.63, 3.8) is 0 Å². The van der Waals surface area contributed by atoms with Gasteiger partial charge in [0.05, 0.1) is 22.4 Å². The predicted octanol–water partition coefficient (Wildman–Crippen LogP) is 4.09. The van der Waals surface area contributed by atoms with Crippen LogP contribution in [0.4, 0.5) is 11.4 Å². The Morgan fingerprint density at radius 1 is 1.29 bits per heavy atom. The lowest BCUT2D eigenvalue weighted by Gasteiger charge is -2.09. The van der Waals surface area contributed by atoms with Crippen LogP contribution in [0, 0.1) is 10.1 Å². The summed E-state index contributed by atoms with van der Waals surface area (Å²) in [6, 6.07) is 5.90. The van der Waals surface area contributed by atoms with Gasteiger partial charge in [0.15, 0.2) is 10.8 Å². The summed E-state index contributed by atoms with van der Waals surface area (Å²) in [4.78, 5) is 25.0. The van der Waals surface area contributed by atoms with Crippen molar-refractivity contribution in [2.75, 3.05) is 5.43 Å². The largest absolute Gasteiger partial charge is 0.476 e. The van der Waals surface area contributed by atoms with Crippen molar-refractivity contribution in [2.24, 2.45) is 5.10 Å². The van der Waals surface area contributed by atoms with Gasteiger partial charge in [-0.15, -0.1) is 0 Å². The first-order chi connectivity index (χ1) is 11.3. The molecule has 124 valence electrons. The van der Waals surface area contributed by atoms with Gasteiger partial charge in [0.2, 0.25) is 0 Å². The van der Waals surface area contributed by atoms with E-state index in [0.29, 0.717) is 0 Å². The maximum Gasteiger partial charge on any atom is 0.356 e. The van der Waals surface area contributed by atoms with Crippen LogP contribution in [0.15, 0.2) is 29.4 Å². The van der Waals surface area contributed by atoms with Crippen molar-refractivity contribution in [2.45, 2.75) is 0 Å². The fourth-order valence-electron chi connectivity index (χ4n) is 1.68. The predicted molar refractivity (Wildman–Crippen MR) is 90.5 cm³/mol. The lowest BCUT2D eigenvalue weighted by atomic mass is 10.2. The molecule has 1 heterocycles. The van der Waals surface area contributed by atoms with Crippen molar-refractivity contribution >= 4 is 58.4 Å². The van der Waals surface area contributed by atoms with Crippen LogP contribution in [-0.2, 0) is 0 Å². The van der Waals surface area contributed by atoms with Crippen LogP contribution in [0.25, 0.3) is 0 Å². The number of anilines is 1. The second-order valence-electron chi connectivity index (χ2n) is 4.25. The molecule has 0 unspecified atom stereocenters.